The van der Waals surface area contributed by atoms with Gasteiger partial charge in [0.05, 0.1) is 38.1 Å². The molecule has 0 bridgehead atoms. The quantitative estimate of drug-likeness (QED) is 0.132. The fraction of sp³-hybridized carbons (Fsp3) is 0.207. The van der Waals surface area contributed by atoms with Crippen LogP contribution >= 0.6 is 22.7 Å². The molecule has 23 rings (SSSR count). The molecular weight excluding hydrogens is 1660 g/mol. The molecule has 4 aliphatic rings. The van der Waals surface area contributed by atoms with E-state index in [-0.39, 0.29) is 38.1 Å². The Labute approximate surface area is 778 Å². The van der Waals surface area contributed by atoms with Gasteiger partial charge < -0.3 is 28.2 Å². The lowest BCUT2D eigenvalue weighted by Crippen LogP contribution is -2.21. The van der Waals surface area contributed by atoms with Crippen LogP contribution in [-0.4, -0.2) is 53.0 Å². The van der Waals surface area contributed by atoms with Gasteiger partial charge >= 0.3 is 0 Å². The van der Waals surface area contributed by atoms with Crippen LogP contribution in [0.1, 0.15) is 142 Å². The Bertz CT molecular complexity index is 6530. The highest BCUT2D eigenvalue weighted by Gasteiger charge is 2.20. The van der Waals surface area contributed by atoms with Crippen LogP contribution in [0.5, 0.6) is 0 Å². The molecule has 0 spiro atoms. The average molecular weight is 1790 g/mol. The SMILES string of the molecule is CC1=CC=C(C)[SiH2]1.CC1=Cc2cc(C)ccc2[SiH2]1.Cc1ccc(C)[nH]1.Cc1ccc(C)o1.Cc1ccc(C)s1.Cc1ccc2[nH]c(C)cc2c1.Cc1ccc2[nH]c3ccc(C)cc3c2c1.Cc1ccc2c(c1)-c1cc(C)ccc1[SiH2]2.Cc1ccc2c(c1)[SiH2]c1cc(C)ccc1-2.Cc1ccc2cc(C)oc2c1.Cc1ccc2oc(C)cc2c1.Cc1ccc2sc(C)cc2c1. The van der Waals surface area contributed by atoms with Gasteiger partial charge in [-0.05, 0) is 332 Å². The van der Waals surface area contributed by atoms with Crippen molar-refractivity contribution in [2.75, 3.05) is 0 Å². The van der Waals surface area contributed by atoms with Crippen molar-refractivity contribution in [2.24, 2.45) is 0 Å². The van der Waals surface area contributed by atoms with Crippen LogP contribution in [0.4, 0.5) is 0 Å². The highest BCUT2D eigenvalue weighted by molar-refractivity contribution is 7.19. The van der Waals surface area contributed by atoms with Gasteiger partial charge in [-0.1, -0.05) is 255 Å². The highest BCUT2D eigenvalue weighted by Crippen LogP contribution is 2.30. The van der Waals surface area contributed by atoms with Gasteiger partial charge in [0.2, 0.25) is 0 Å². The lowest BCUT2D eigenvalue weighted by Gasteiger charge is -2.03. The summed E-state index contributed by atoms with van der Waals surface area (Å²) in [6, 6.07) is 93.8. The van der Waals surface area contributed by atoms with Crippen molar-refractivity contribution in [1.29, 1.82) is 0 Å². The van der Waals surface area contributed by atoms with E-state index < -0.39 is 0 Å². The van der Waals surface area contributed by atoms with Crippen LogP contribution in [0.15, 0.2) is 302 Å². The maximum atomic E-state index is 5.45. The highest BCUT2D eigenvalue weighted by atomic mass is 32.1. The number of thiophene rings is 2. The van der Waals surface area contributed by atoms with Crippen molar-refractivity contribution in [3.8, 4) is 22.3 Å². The maximum Gasteiger partial charge on any atom is 0.134 e. The summed E-state index contributed by atoms with van der Waals surface area (Å²) in [6.45, 7) is 50.6. The third-order valence-corrected chi connectivity index (χ3v) is 32.0. The van der Waals surface area contributed by atoms with E-state index in [0.29, 0.717) is 0 Å². The van der Waals surface area contributed by atoms with E-state index in [1.165, 1.54) is 174 Å². The van der Waals surface area contributed by atoms with Crippen molar-refractivity contribution in [1.82, 2.24) is 15.0 Å². The average Bonchev–Trinajstić information content (AvgIpc) is 1.64. The van der Waals surface area contributed by atoms with E-state index in [1.807, 2.05) is 82.4 Å². The molecule has 3 N–H and O–H groups in total. The van der Waals surface area contributed by atoms with Crippen LogP contribution in [0.2, 0.25) is 0 Å². The minimum absolute atomic E-state index is 0.0389. The van der Waals surface area contributed by atoms with E-state index >= 15 is 0 Å². The summed E-state index contributed by atoms with van der Waals surface area (Å²) in [7, 11) is -0.320. The first-order valence-corrected chi connectivity index (χ1v) is 52.1. The Hall–Kier alpha value is -11.9. The van der Waals surface area contributed by atoms with Crippen molar-refractivity contribution in [3.05, 3.63) is 410 Å². The summed E-state index contributed by atoms with van der Waals surface area (Å²) in [6.07, 6.45) is 6.82. The third-order valence-electron chi connectivity index (χ3n) is 22.7. The molecule has 0 aliphatic carbocycles. The summed E-state index contributed by atoms with van der Waals surface area (Å²) in [5.74, 6) is 3.92. The summed E-state index contributed by atoms with van der Waals surface area (Å²) in [4.78, 5) is 14.1. The van der Waals surface area contributed by atoms with E-state index in [4.69, 9.17) is 13.3 Å². The smallest absolute Gasteiger partial charge is 0.134 e. The van der Waals surface area contributed by atoms with Gasteiger partial charge in [0.15, 0.2) is 0 Å². The minimum atomic E-state index is -0.203. The molecule has 6 nitrogen and oxygen atoms in total. The molecular formula is C116H129N3O3S2Si4. The number of aryl methyl sites for hydroxylation is 21. The van der Waals surface area contributed by atoms with Crippen LogP contribution in [-0.2, 0) is 0 Å². The zero-order valence-corrected chi connectivity index (χ0v) is 87.2. The molecule has 0 atom stereocenters. The lowest BCUT2D eigenvalue weighted by molar-refractivity contribution is 0.504. The van der Waals surface area contributed by atoms with Crippen LogP contribution in [0.25, 0.3) is 93.1 Å². The molecule has 8 aromatic heterocycles. The second kappa shape index (κ2) is 44.2. The van der Waals surface area contributed by atoms with Crippen molar-refractivity contribution < 1.29 is 13.3 Å². The zero-order chi connectivity index (χ0) is 91.6. The number of furan rings is 3. The second-order valence-corrected chi connectivity index (χ2v) is 47.0. The number of aromatic nitrogens is 3. The van der Waals surface area contributed by atoms with E-state index in [9.17, 15) is 0 Å². The molecule has 0 fully saturated rings. The molecule has 12 heterocycles. The largest absolute Gasteiger partial charge is 0.467 e. The predicted octanol–water partition coefficient (Wildman–Crippen LogP) is 27.2. The molecule has 19 aromatic rings. The standard InChI is InChI=1S/C14H13N.2C14H14Si.C10H11N.2C10H10O.C10H10S.C10H12Si.C6H9N.C6H8O.C6H8S.C6H10Si/c2*1-9-3-5-13-11(7-9)12-8-10(2)4-6-14(12)15-13;1-9-3-5-11-12-6-4-10(2)8-14(12)15-13(11)7-9;2*1-7-3-4-10-9(5-7)6-8(2)11-10;1-7-3-4-9-6-8(2)11-10(9)5-7;2*1-7-3-4-10-9(5-7)6-8(2)11-10;4*1-5-3-4-6(2)7-5/h3-8,15H,1-2H3;2*3-8H,15H2,1-2H3;3-6,11H,1-2H3;3*3-6H,1-2H3;3-6H,11H2,1-2H3;3-4,7H,1-2H3;2*3-4H,1-2H3;3-4H,7H2,1-2H3. The Morgan fingerprint density at radius 1 is 0.227 bits per heavy atom. The third kappa shape index (κ3) is 27.4. The Morgan fingerprint density at radius 2 is 0.664 bits per heavy atom. The Kier molecular flexibility index (Phi) is 32.9. The van der Waals surface area contributed by atoms with Gasteiger partial charge in [0.25, 0.3) is 0 Å². The molecule has 0 amide bonds. The number of H-pyrrole nitrogens is 3. The number of benzene rings is 11. The minimum Gasteiger partial charge on any atom is -0.467 e. The second-order valence-electron chi connectivity index (χ2n) is 35.7. The first-order valence-electron chi connectivity index (χ1n) is 44.8. The number of aromatic amines is 3. The van der Waals surface area contributed by atoms with Gasteiger partial charge in [-0.3, -0.25) is 0 Å². The van der Waals surface area contributed by atoms with E-state index in [2.05, 4.69) is 400 Å². The lowest BCUT2D eigenvalue weighted by atomic mass is 10.0. The normalized spacial score (nSPS) is 12.0. The van der Waals surface area contributed by atoms with Gasteiger partial charge in [-0.2, -0.15) is 0 Å². The van der Waals surface area contributed by atoms with Gasteiger partial charge in [0, 0.05) is 74.5 Å². The number of hydrogen-bond acceptors (Lipinski definition) is 5. The molecule has 0 saturated carbocycles. The fourth-order valence-corrected chi connectivity index (χ4v) is 25.2. The van der Waals surface area contributed by atoms with Crippen LogP contribution < -0.4 is 25.9 Å². The van der Waals surface area contributed by atoms with Gasteiger partial charge in [-0.25, -0.2) is 0 Å². The molecule has 128 heavy (non-hydrogen) atoms. The molecule has 11 aromatic carbocycles. The number of hydrogen-bond donors (Lipinski definition) is 3. The zero-order valence-electron chi connectivity index (χ0n) is 79.9. The number of fused-ring (bicyclic) bond motifs is 14. The molecule has 4 aliphatic heterocycles. The van der Waals surface area contributed by atoms with Gasteiger partial charge in [-0.15, -0.1) is 22.7 Å². The first-order chi connectivity index (χ1) is 61.1. The van der Waals surface area contributed by atoms with Crippen LogP contribution in [0.3, 0.4) is 0 Å². The summed E-state index contributed by atoms with van der Waals surface area (Å²) >= 11 is 3.70. The Balaban J connectivity index is 0.000000128. The summed E-state index contributed by atoms with van der Waals surface area (Å²) in [5, 5.41) is 20.7. The fourth-order valence-electron chi connectivity index (χ4n) is 16.5. The number of nitrogens with one attached hydrogen (secondary N) is 3. The van der Waals surface area contributed by atoms with Crippen LogP contribution in [0, 0.1) is 145 Å². The monoisotopic (exact) mass is 1790 g/mol. The van der Waals surface area contributed by atoms with E-state index in [0.717, 1.165) is 34.2 Å². The van der Waals surface area contributed by atoms with Crippen molar-refractivity contribution in [3.63, 3.8) is 0 Å². The van der Waals surface area contributed by atoms with Crippen molar-refractivity contribution in [2.45, 2.75) is 166 Å². The molecule has 0 saturated heterocycles. The van der Waals surface area contributed by atoms with Gasteiger partial charge in [0.1, 0.15) is 34.2 Å². The summed E-state index contributed by atoms with van der Waals surface area (Å²) < 4.78 is 17.4. The number of allylic oxidation sites excluding steroid dienone is 5. The molecule has 654 valence electrons. The van der Waals surface area contributed by atoms with Crippen molar-refractivity contribution >= 4 is 157 Å². The topological polar surface area (TPSA) is 86.8 Å². The first kappa shape index (κ1) is 95.3. The predicted molar refractivity (Wildman–Crippen MR) is 575 cm³/mol. The van der Waals surface area contributed by atoms with E-state index in [1.54, 1.807) is 41.5 Å². The molecule has 12 heteroatoms. The molecule has 0 radical (unpaired) electrons. The maximum absolute atomic E-state index is 5.45. The number of rotatable bonds is 0. The molecule has 0 unspecified atom stereocenters. The Morgan fingerprint density at radius 3 is 1.17 bits per heavy atom. The summed E-state index contributed by atoms with van der Waals surface area (Å²) in [5.41, 5.74) is 31.5.